The second kappa shape index (κ2) is 4.93. The zero-order valence-corrected chi connectivity index (χ0v) is 11.5. The number of hydrogen-bond acceptors (Lipinski definition) is 3. The van der Waals surface area contributed by atoms with Crippen molar-refractivity contribution in [3.63, 3.8) is 0 Å². The number of nitrogens with zero attached hydrogens (tertiary/aromatic N) is 1. The molecule has 0 spiro atoms. The van der Waals surface area contributed by atoms with E-state index in [1.165, 1.54) is 0 Å². The maximum Gasteiger partial charge on any atom is 0.203 e. The Morgan fingerprint density at radius 3 is 2.45 bits per heavy atom. The molecule has 0 saturated heterocycles. The van der Waals surface area contributed by atoms with Gasteiger partial charge in [-0.2, -0.15) is 0 Å². The molecule has 0 unspecified atom stereocenters. The van der Waals surface area contributed by atoms with Crippen LogP contribution in [-0.4, -0.2) is 10.8 Å². The highest BCUT2D eigenvalue weighted by Gasteiger charge is 2.15. The standard InChI is InChI=1S/C17H15NO2/c1-11-6-5-7-12(2)17(11)14(19)10-16-18-13-8-3-4-9-15(13)20-16/h3-9H,10H2,1-2H3. The van der Waals surface area contributed by atoms with E-state index in [2.05, 4.69) is 4.98 Å². The third kappa shape index (κ3) is 2.23. The second-order valence-electron chi connectivity index (χ2n) is 4.94. The second-order valence-corrected chi connectivity index (χ2v) is 4.94. The molecule has 0 aliphatic rings. The molecule has 0 fully saturated rings. The van der Waals surface area contributed by atoms with Crippen molar-refractivity contribution in [3.8, 4) is 0 Å². The fraction of sp³-hybridized carbons (Fsp3) is 0.176. The lowest BCUT2D eigenvalue weighted by molar-refractivity contribution is 0.0985. The Morgan fingerprint density at radius 1 is 1.05 bits per heavy atom. The number of aromatic nitrogens is 1. The van der Waals surface area contributed by atoms with Crippen molar-refractivity contribution in [2.45, 2.75) is 20.3 Å². The molecule has 3 rings (SSSR count). The van der Waals surface area contributed by atoms with Gasteiger partial charge >= 0.3 is 0 Å². The van der Waals surface area contributed by atoms with Crippen LogP contribution in [0.2, 0.25) is 0 Å². The third-order valence-corrected chi connectivity index (χ3v) is 3.41. The minimum absolute atomic E-state index is 0.0483. The number of fused-ring (bicyclic) bond motifs is 1. The van der Waals surface area contributed by atoms with E-state index < -0.39 is 0 Å². The van der Waals surface area contributed by atoms with E-state index >= 15 is 0 Å². The van der Waals surface area contributed by atoms with E-state index in [4.69, 9.17) is 4.42 Å². The Bertz CT molecular complexity index is 733. The lowest BCUT2D eigenvalue weighted by atomic mass is 9.97. The third-order valence-electron chi connectivity index (χ3n) is 3.41. The van der Waals surface area contributed by atoms with Crippen LogP contribution in [0, 0.1) is 13.8 Å². The van der Waals surface area contributed by atoms with Crippen molar-refractivity contribution < 1.29 is 9.21 Å². The highest BCUT2D eigenvalue weighted by Crippen LogP contribution is 2.19. The molecular weight excluding hydrogens is 250 g/mol. The summed E-state index contributed by atoms with van der Waals surface area (Å²) in [6.45, 7) is 3.90. The molecule has 0 radical (unpaired) electrons. The van der Waals surface area contributed by atoms with Gasteiger partial charge in [0.25, 0.3) is 0 Å². The summed E-state index contributed by atoms with van der Waals surface area (Å²) in [6.07, 6.45) is 0.195. The van der Waals surface area contributed by atoms with Crippen molar-refractivity contribution in [1.82, 2.24) is 4.98 Å². The van der Waals surface area contributed by atoms with Crippen LogP contribution in [0.15, 0.2) is 46.9 Å². The number of para-hydroxylation sites is 2. The number of benzene rings is 2. The molecule has 1 aromatic heterocycles. The highest BCUT2D eigenvalue weighted by molar-refractivity contribution is 5.99. The lowest BCUT2D eigenvalue weighted by Crippen LogP contribution is -2.08. The van der Waals surface area contributed by atoms with Crippen molar-refractivity contribution in [3.05, 3.63) is 65.0 Å². The molecule has 100 valence electrons. The van der Waals surface area contributed by atoms with Crippen LogP contribution in [-0.2, 0) is 6.42 Å². The van der Waals surface area contributed by atoms with E-state index in [-0.39, 0.29) is 12.2 Å². The van der Waals surface area contributed by atoms with E-state index in [0.29, 0.717) is 5.89 Å². The number of ketones is 1. The van der Waals surface area contributed by atoms with Gasteiger partial charge in [0.2, 0.25) is 5.89 Å². The summed E-state index contributed by atoms with van der Waals surface area (Å²) in [7, 11) is 0. The number of carbonyl (C=O) groups excluding carboxylic acids is 1. The first-order valence-corrected chi connectivity index (χ1v) is 6.59. The molecule has 0 N–H and O–H groups in total. The summed E-state index contributed by atoms with van der Waals surface area (Å²) >= 11 is 0. The summed E-state index contributed by atoms with van der Waals surface area (Å²) in [5.41, 5.74) is 4.26. The Kier molecular flexibility index (Phi) is 3.11. The van der Waals surface area contributed by atoms with Crippen molar-refractivity contribution >= 4 is 16.9 Å². The first kappa shape index (κ1) is 12.6. The molecule has 0 bridgehead atoms. The number of Topliss-reactive ketones (excluding diaryl/α,β-unsaturated/α-hetero) is 1. The number of oxazole rings is 1. The summed E-state index contributed by atoms with van der Waals surface area (Å²) in [5.74, 6) is 0.519. The van der Waals surface area contributed by atoms with Crippen LogP contribution in [0.3, 0.4) is 0 Å². The topological polar surface area (TPSA) is 43.1 Å². The minimum Gasteiger partial charge on any atom is -0.440 e. The Balaban J connectivity index is 1.92. The van der Waals surface area contributed by atoms with Crippen LogP contribution in [0.25, 0.3) is 11.1 Å². The first-order chi connectivity index (χ1) is 9.65. The molecular formula is C17H15NO2. The van der Waals surface area contributed by atoms with E-state index in [0.717, 1.165) is 27.8 Å². The number of aryl methyl sites for hydroxylation is 2. The maximum atomic E-state index is 12.4. The van der Waals surface area contributed by atoms with E-state index in [1.807, 2.05) is 56.3 Å². The molecule has 0 amide bonds. The molecule has 1 heterocycles. The predicted molar refractivity (Wildman–Crippen MR) is 78.0 cm³/mol. The average Bonchev–Trinajstić information content (AvgIpc) is 2.80. The molecule has 0 atom stereocenters. The predicted octanol–water partition coefficient (Wildman–Crippen LogP) is 3.87. The maximum absolute atomic E-state index is 12.4. The zero-order valence-electron chi connectivity index (χ0n) is 11.5. The van der Waals surface area contributed by atoms with E-state index in [1.54, 1.807) is 0 Å². The van der Waals surface area contributed by atoms with Gasteiger partial charge in [0.15, 0.2) is 11.4 Å². The van der Waals surface area contributed by atoms with Crippen molar-refractivity contribution in [2.75, 3.05) is 0 Å². The Labute approximate surface area is 117 Å². The number of rotatable bonds is 3. The summed E-state index contributed by atoms with van der Waals surface area (Å²) in [5, 5.41) is 0. The minimum atomic E-state index is 0.0483. The molecule has 20 heavy (non-hydrogen) atoms. The lowest BCUT2D eigenvalue weighted by Gasteiger charge is -2.06. The zero-order chi connectivity index (χ0) is 14.1. The van der Waals surface area contributed by atoms with Gasteiger partial charge in [0.05, 0.1) is 6.42 Å². The largest absolute Gasteiger partial charge is 0.440 e. The fourth-order valence-corrected chi connectivity index (χ4v) is 2.48. The van der Waals surface area contributed by atoms with Crippen molar-refractivity contribution in [1.29, 1.82) is 0 Å². The Morgan fingerprint density at radius 2 is 1.75 bits per heavy atom. The molecule has 3 aromatic rings. The quantitative estimate of drug-likeness (QED) is 0.675. The van der Waals surface area contributed by atoms with Crippen LogP contribution < -0.4 is 0 Å². The molecule has 0 saturated carbocycles. The fourth-order valence-electron chi connectivity index (χ4n) is 2.48. The van der Waals surface area contributed by atoms with Gasteiger partial charge in [0, 0.05) is 5.56 Å². The summed E-state index contributed by atoms with van der Waals surface area (Å²) in [4.78, 5) is 16.8. The summed E-state index contributed by atoms with van der Waals surface area (Å²) in [6, 6.07) is 13.4. The SMILES string of the molecule is Cc1cccc(C)c1C(=O)Cc1nc2ccccc2o1. The summed E-state index contributed by atoms with van der Waals surface area (Å²) < 4.78 is 5.61. The van der Waals surface area contributed by atoms with Crippen LogP contribution in [0.1, 0.15) is 27.4 Å². The molecule has 0 aliphatic carbocycles. The average molecular weight is 265 g/mol. The number of carbonyl (C=O) groups is 1. The monoisotopic (exact) mass is 265 g/mol. The number of hydrogen-bond donors (Lipinski definition) is 0. The first-order valence-electron chi connectivity index (χ1n) is 6.59. The van der Waals surface area contributed by atoms with Gasteiger partial charge in [0.1, 0.15) is 5.52 Å². The Hall–Kier alpha value is -2.42. The molecule has 0 aliphatic heterocycles. The van der Waals surface area contributed by atoms with Gasteiger partial charge in [-0.3, -0.25) is 4.79 Å². The molecule has 2 aromatic carbocycles. The van der Waals surface area contributed by atoms with Crippen LogP contribution in [0.5, 0.6) is 0 Å². The van der Waals surface area contributed by atoms with Gasteiger partial charge in [-0.05, 0) is 37.1 Å². The molecule has 3 nitrogen and oxygen atoms in total. The van der Waals surface area contributed by atoms with Crippen LogP contribution in [0.4, 0.5) is 0 Å². The van der Waals surface area contributed by atoms with Gasteiger partial charge in [-0.15, -0.1) is 0 Å². The van der Waals surface area contributed by atoms with Gasteiger partial charge in [-0.1, -0.05) is 30.3 Å². The van der Waals surface area contributed by atoms with Gasteiger partial charge in [-0.25, -0.2) is 4.98 Å². The van der Waals surface area contributed by atoms with Gasteiger partial charge < -0.3 is 4.42 Å². The van der Waals surface area contributed by atoms with Crippen LogP contribution >= 0.6 is 0 Å². The van der Waals surface area contributed by atoms with E-state index in [9.17, 15) is 4.79 Å². The molecule has 3 heteroatoms. The van der Waals surface area contributed by atoms with Crippen molar-refractivity contribution in [2.24, 2.45) is 0 Å². The normalized spacial score (nSPS) is 10.9. The smallest absolute Gasteiger partial charge is 0.203 e. The highest BCUT2D eigenvalue weighted by atomic mass is 16.3.